The normalized spacial score (nSPS) is 24.0. The van der Waals surface area contributed by atoms with Crippen LogP contribution in [0.25, 0.3) is 0 Å². The number of rotatable bonds is 3. The predicted octanol–water partition coefficient (Wildman–Crippen LogP) is 3.71. The molecule has 18 heavy (non-hydrogen) atoms. The van der Waals surface area contributed by atoms with Gasteiger partial charge in [0.05, 0.1) is 0 Å². The van der Waals surface area contributed by atoms with Gasteiger partial charge in [-0.3, -0.25) is 0 Å². The third-order valence-corrected chi connectivity index (χ3v) is 4.42. The van der Waals surface area contributed by atoms with Crippen LogP contribution in [-0.4, -0.2) is 23.1 Å². The Morgan fingerprint density at radius 3 is 2.56 bits per heavy atom. The minimum absolute atomic E-state index is 0.595. The number of anilines is 1. The zero-order valence-corrected chi connectivity index (χ0v) is 12.2. The van der Waals surface area contributed by atoms with E-state index in [-0.39, 0.29) is 0 Å². The second-order valence-corrected chi connectivity index (χ2v) is 5.70. The number of hydrogen-bond acceptors (Lipinski definition) is 3. The fraction of sp³-hybridized carbons (Fsp3) is 0.714. The van der Waals surface area contributed by atoms with Crippen LogP contribution in [0, 0.1) is 5.92 Å². The largest absolute Gasteiger partial charge is 0.356 e. The summed E-state index contributed by atoms with van der Waals surface area (Å²) in [5, 5.41) is 0.596. The molecule has 3 nitrogen and oxygen atoms in total. The van der Waals surface area contributed by atoms with E-state index in [0.717, 1.165) is 23.7 Å². The smallest absolute Gasteiger partial charge is 0.137 e. The molecule has 0 aliphatic heterocycles. The van der Waals surface area contributed by atoms with Crippen molar-refractivity contribution >= 4 is 17.4 Å². The number of hydrogen-bond donors (Lipinski definition) is 0. The van der Waals surface area contributed by atoms with E-state index < -0.39 is 0 Å². The summed E-state index contributed by atoms with van der Waals surface area (Å²) in [7, 11) is 2.14. The van der Waals surface area contributed by atoms with Crippen LogP contribution in [-0.2, 0) is 6.42 Å². The first kappa shape index (κ1) is 13.6. The number of nitrogens with zero attached hydrogens (tertiary/aromatic N) is 3. The molecule has 0 amide bonds. The monoisotopic (exact) mass is 267 g/mol. The van der Waals surface area contributed by atoms with Crippen molar-refractivity contribution in [2.24, 2.45) is 5.92 Å². The second kappa shape index (κ2) is 5.87. The highest BCUT2D eigenvalue weighted by atomic mass is 35.5. The van der Waals surface area contributed by atoms with Gasteiger partial charge in [0.1, 0.15) is 17.3 Å². The van der Waals surface area contributed by atoms with E-state index in [4.69, 9.17) is 11.6 Å². The van der Waals surface area contributed by atoms with Gasteiger partial charge in [-0.2, -0.15) is 0 Å². The standard InChI is InChI=1S/C14H22ClN3/c1-4-12-13(15)16-9-17-14(12)18(3)11-7-5-10(2)6-8-11/h9-11H,4-8H2,1-3H3. The molecule has 4 heteroatoms. The van der Waals surface area contributed by atoms with E-state index in [9.17, 15) is 0 Å². The zero-order chi connectivity index (χ0) is 13.1. The maximum Gasteiger partial charge on any atom is 0.137 e. The first-order chi connectivity index (χ1) is 8.63. The molecular weight excluding hydrogens is 246 g/mol. The van der Waals surface area contributed by atoms with Crippen LogP contribution in [0.3, 0.4) is 0 Å². The summed E-state index contributed by atoms with van der Waals surface area (Å²) >= 11 is 6.16. The molecule has 0 unspecified atom stereocenters. The van der Waals surface area contributed by atoms with Crippen LogP contribution < -0.4 is 4.90 Å². The van der Waals surface area contributed by atoms with Gasteiger partial charge >= 0.3 is 0 Å². The maximum atomic E-state index is 6.16. The van der Waals surface area contributed by atoms with Gasteiger partial charge in [0.25, 0.3) is 0 Å². The van der Waals surface area contributed by atoms with E-state index in [2.05, 4.69) is 35.8 Å². The average Bonchev–Trinajstić information content (AvgIpc) is 2.38. The van der Waals surface area contributed by atoms with Gasteiger partial charge in [0, 0.05) is 18.7 Å². The molecule has 0 bridgehead atoms. The van der Waals surface area contributed by atoms with Crippen LogP contribution in [0.4, 0.5) is 5.82 Å². The van der Waals surface area contributed by atoms with E-state index in [0.29, 0.717) is 11.2 Å². The molecule has 1 aromatic heterocycles. The molecule has 0 spiro atoms. The topological polar surface area (TPSA) is 29.0 Å². The molecule has 1 heterocycles. The van der Waals surface area contributed by atoms with Crippen molar-refractivity contribution in [3.05, 3.63) is 17.0 Å². The predicted molar refractivity (Wildman–Crippen MR) is 76.2 cm³/mol. The van der Waals surface area contributed by atoms with Gasteiger partial charge in [0.2, 0.25) is 0 Å². The summed E-state index contributed by atoms with van der Waals surface area (Å²) < 4.78 is 0. The van der Waals surface area contributed by atoms with Crippen LogP contribution in [0.2, 0.25) is 5.15 Å². The van der Waals surface area contributed by atoms with Crippen molar-refractivity contribution in [2.75, 3.05) is 11.9 Å². The minimum atomic E-state index is 0.595. The highest BCUT2D eigenvalue weighted by molar-refractivity contribution is 6.30. The summed E-state index contributed by atoms with van der Waals surface area (Å²) in [6.07, 6.45) is 7.58. The van der Waals surface area contributed by atoms with E-state index in [1.54, 1.807) is 6.33 Å². The van der Waals surface area contributed by atoms with E-state index >= 15 is 0 Å². The fourth-order valence-electron chi connectivity index (χ4n) is 2.79. The van der Waals surface area contributed by atoms with Gasteiger partial charge in [-0.25, -0.2) is 9.97 Å². The maximum absolute atomic E-state index is 6.16. The van der Waals surface area contributed by atoms with Crippen molar-refractivity contribution in [1.29, 1.82) is 0 Å². The molecule has 0 atom stereocenters. The Bertz CT molecular complexity index is 400. The van der Waals surface area contributed by atoms with Crippen molar-refractivity contribution < 1.29 is 0 Å². The molecule has 0 saturated heterocycles. The lowest BCUT2D eigenvalue weighted by molar-refractivity contribution is 0.339. The van der Waals surface area contributed by atoms with Crippen molar-refractivity contribution in [3.8, 4) is 0 Å². The molecule has 1 aliphatic carbocycles. The SMILES string of the molecule is CCc1c(Cl)ncnc1N(C)C1CCC(C)CC1. The third kappa shape index (κ3) is 2.77. The molecule has 2 rings (SSSR count). The Kier molecular flexibility index (Phi) is 4.44. The van der Waals surface area contributed by atoms with Crippen LogP contribution in [0.1, 0.15) is 45.1 Å². The van der Waals surface area contributed by atoms with Gasteiger partial charge in [0.15, 0.2) is 0 Å². The second-order valence-electron chi connectivity index (χ2n) is 5.34. The van der Waals surface area contributed by atoms with Gasteiger partial charge < -0.3 is 4.90 Å². The lowest BCUT2D eigenvalue weighted by Gasteiger charge is -2.35. The minimum Gasteiger partial charge on any atom is -0.356 e. The Balaban J connectivity index is 2.18. The van der Waals surface area contributed by atoms with E-state index in [1.807, 2.05) is 0 Å². The lowest BCUT2D eigenvalue weighted by Crippen LogP contribution is -2.36. The first-order valence-corrected chi connectivity index (χ1v) is 7.23. The van der Waals surface area contributed by atoms with Gasteiger partial charge in [-0.05, 0) is 38.0 Å². The van der Waals surface area contributed by atoms with Gasteiger partial charge in [-0.1, -0.05) is 25.4 Å². The highest BCUT2D eigenvalue weighted by Gasteiger charge is 2.24. The Morgan fingerprint density at radius 2 is 1.94 bits per heavy atom. The zero-order valence-electron chi connectivity index (χ0n) is 11.5. The average molecular weight is 268 g/mol. The molecule has 1 aliphatic rings. The third-order valence-electron chi connectivity index (χ3n) is 4.09. The molecule has 1 fully saturated rings. The summed E-state index contributed by atoms with van der Waals surface area (Å²) in [5.74, 6) is 1.88. The van der Waals surface area contributed by atoms with Crippen molar-refractivity contribution in [2.45, 2.75) is 52.0 Å². The Morgan fingerprint density at radius 1 is 1.28 bits per heavy atom. The summed E-state index contributed by atoms with van der Waals surface area (Å²) in [5.41, 5.74) is 1.07. The molecule has 1 saturated carbocycles. The molecule has 0 aromatic carbocycles. The fourth-order valence-corrected chi connectivity index (χ4v) is 3.05. The molecule has 100 valence electrons. The lowest BCUT2D eigenvalue weighted by atomic mass is 9.86. The van der Waals surface area contributed by atoms with Crippen LogP contribution in [0.15, 0.2) is 6.33 Å². The highest BCUT2D eigenvalue weighted by Crippen LogP contribution is 2.31. The van der Waals surface area contributed by atoms with Crippen molar-refractivity contribution in [3.63, 3.8) is 0 Å². The number of halogens is 1. The van der Waals surface area contributed by atoms with Crippen LogP contribution >= 0.6 is 11.6 Å². The molecular formula is C14H22ClN3. The summed E-state index contributed by atoms with van der Waals surface area (Å²) in [6.45, 7) is 4.44. The summed E-state index contributed by atoms with van der Waals surface area (Å²) in [4.78, 5) is 10.8. The molecule has 1 aromatic rings. The Hall–Kier alpha value is -0.830. The Labute approximate surface area is 115 Å². The quantitative estimate of drug-likeness (QED) is 0.782. The summed E-state index contributed by atoms with van der Waals surface area (Å²) in [6, 6.07) is 0.595. The first-order valence-electron chi connectivity index (χ1n) is 6.85. The van der Waals surface area contributed by atoms with Crippen LogP contribution in [0.5, 0.6) is 0 Å². The molecule has 0 N–H and O–H groups in total. The number of aromatic nitrogens is 2. The van der Waals surface area contributed by atoms with Crippen molar-refractivity contribution in [1.82, 2.24) is 9.97 Å². The van der Waals surface area contributed by atoms with E-state index in [1.165, 1.54) is 25.7 Å². The molecule has 0 radical (unpaired) electrons. The van der Waals surface area contributed by atoms with Gasteiger partial charge in [-0.15, -0.1) is 0 Å².